The Labute approximate surface area is 175 Å². The van der Waals surface area contributed by atoms with Crippen LogP contribution in [-0.4, -0.2) is 49.1 Å². The Morgan fingerprint density at radius 3 is 2.14 bits per heavy atom. The maximum atomic E-state index is 13.1. The summed E-state index contributed by atoms with van der Waals surface area (Å²) in [5.74, 6) is 0.839. The van der Waals surface area contributed by atoms with Crippen LogP contribution >= 0.6 is 12.2 Å². The fraction of sp³-hybridized carbons (Fsp3) is 0.286. The first-order chi connectivity index (χ1) is 14.0. The second-order valence-corrected chi connectivity index (χ2v) is 6.90. The van der Waals surface area contributed by atoms with Crippen molar-refractivity contribution in [2.24, 2.45) is 0 Å². The lowest BCUT2D eigenvalue weighted by molar-refractivity contribution is -0.122. The Balaban J connectivity index is 1.84. The molecule has 1 heterocycles. The fourth-order valence-corrected chi connectivity index (χ4v) is 3.45. The molecule has 0 aromatic heterocycles. The van der Waals surface area contributed by atoms with Crippen molar-refractivity contribution in [3.63, 3.8) is 0 Å². The van der Waals surface area contributed by atoms with Gasteiger partial charge in [0.15, 0.2) is 5.11 Å². The Kier molecular flexibility index (Phi) is 6.33. The summed E-state index contributed by atoms with van der Waals surface area (Å²) in [6.45, 7) is 0.393. The number of rotatable bonds is 6. The van der Waals surface area contributed by atoms with Gasteiger partial charge in [0.05, 0.1) is 26.3 Å². The van der Waals surface area contributed by atoms with E-state index in [1.165, 1.54) is 4.90 Å². The zero-order valence-electron chi connectivity index (χ0n) is 16.5. The highest BCUT2D eigenvalue weighted by molar-refractivity contribution is 7.80. The van der Waals surface area contributed by atoms with Gasteiger partial charge in [-0.05, 0) is 54.2 Å². The lowest BCUT2D eigenvalue weighted by Crippen LogP contribution is -2.48. The van der Waals surface area contributed by atoms with Crippen molar-refractivity contribution in [2.75, 3.05) is 26.2 Å². The minimum atomic E-state index is -0.674. The number of thiocarbonyl (C=S) groups is 1. The molecule has 7 nitrogen and oxygen atoms in total. The molecule has 0 unspecified atom stereocenters. The maximum Gasteiger partial charge on any atom is 0.257 e. The average molecular weight is 413 g/mol. The van der Waals surface area contributed by atoms with E-state index in [4.69, 9.17) is 21.7 Å². The van der Waals surface area contributed by atoms with E-state index in [1.807, 2.05) is 24.3 Å². The lowest BCUT2D eigenvalue weighted by Gasteiger charge is -2.29. The van der Waals surface area contributed by atoms with Crippen molar-refractivity contribution in [2.45, 2.75) is 19.0 Å². The number of carbonyl (C=O) groups is 2. The lowest BCUT2D eigenvalue weighted by atomic mass is 10.1. The molecule has 2 amide bonds. The van der Waals surface area contributed by atoms with Crippen LogP contribution in [-0.2, 0) is 16.1 Å². The number of nitrogens with one attached hydrogen (secondary N) is 1. The normalized spacial score (nSPS) is 16.0. The molecule has 3 rings (SSSR count). The third kappa shape index (κ3) is 4.32. The van der Waals surface area contributed by atoms with E-state index >= 15 is 0 Å². The van der Waals surface area contributed by atoms with Crippen LogP contribution in [0.2, 0.25) is 0 Å². The summed E-state index contributed by atoms with van der Waals surface area (Å²) in [5.41, 5.74) is 1.47. The molecule has 1 aliphatic heterocycles. The summed E-state index contributed by atoms with van der Waals surface area (Å²) in [6, 6.07) is 13.7. The maximum absolute atomic E-state index is 13.1. The van der Waals surface area contributed by atoms with Gasteiger partial charge in [0, 0.05) is 13.6 Å². The van der Waals surface area contributed by atoms with Crippen molar-refractivity contribution in [3.05, 3.63) is 54.1 Å². The van der Waals surface area contributed by atoms with E-state index in [2.05, 4.69) is 5.32 Å². The quantitative estimate of drug-likeness (QED) is 0.576. The summed E-state index contributed by atoms with van der Waals surface area (Å²) >= 11 is 5.43. The first kappa shape index (κ1) is 20.6. The summed E-state index contributed by atoms with van der Waals surface area (Å²) in [7, 11) is 4.87. The average Bonchev–Trinajstić information content (AvgIpc) is 3.05. The van der Waals surface area contributed by atoms with Gasteiger partial charge in [0.25, 0.3) is 5.91 Å². The van der Waals surface area contributed by atoms with Gasteiger partial charge in [-0.2, -0.15) is 0 Å². The Bertz CT molecular complexity index is 899. The van der Waals surface area contributed by atoms with Crippen LogP contribution in [0.5, 0.6) is 11.5 Å². The fourth-order valence-electron chi connectivity index (χ4n) is 3.26. The smallest absolute Gasteiger partial charge is 0.257 e. The van der Waals surface area contributed by atoms with Crippen LogP contribution in [0.1, 0.15) is 12.0 Å². The van der Waals surface area contributed by atoms with Gasteiger partial charge in [-0.1, -0.05) is 12.1 Å². The van der Waals surface area contributed by atoms with Gasteiger partial charge in [0.1, 0.15) is 17.5 Å². The largest absolute Gasteiger partial charge is 0.497 e. The first-order valence-corrected chi connectivity index (χ1v) is 9.51. The SMILES string of the molecule is CNC(=S)N(Cc1ccc(OC)cc1)[C@@H]1CC(=O)N(c2ccc(OC)cc2)C1=O. The number of imide groups is 1. The van der Waals surface area contributed by atoms with Crippen LogP contribution in [0, 0.1) is 0 Å². The van der Waals surface area contributed by atoms with Crippen molar-refractivity contribution >= 4 is 34.8 Å². The molecule has 0 aliphatic carbocycles. The van der Waals surface area contributed by atoms with Gasteiger partial charge in [-0.25, -0.2) is 4.90 Å². The van der Waals surface area contributed by atoms with Gasteiger partial charge in [-0.15, -0.1) is 0 Å². The molecule has 1 aliphatic rings. The summed E-state index contributed by atoms with van der Waals surface area (Å²) in [4.78, 5) is 28.8. The van der Waals surface area contributed by atoms with Gasteiger partial charge < -0.3 is 19.7 Å². The number of nitrogens with zero attached hydrogens (tertiary/aromatic N) is 2. The number of hydrogen-bond donors (Lipinski definition) is 1. The molecule has 1 saturated heterocycles. The van der Waals surface area contributed by atoms with E-state index in [0.29, 0.717) is 23.1 Å². The highest BCUT2D eigenvalue weighted by Crippen LogP contribution is 2.28. The van der Waals surface area contributed by atoms with Crippen LogP contribution < -0.4 is 19.7 Å². The van der Waals surface area contributed by atoms with Gasteiger partial charge >= 0.3 is 0 Å². The van der Waals surface area contributed by atoms with E-state index in [9.17, 15) is 9.59 Å². The second-order valence-electron chi connectivity index (χ2n) is 6.52. The van der Waals surface area contributed by atoms with E-state index < -0.39 is 6.04 Å². The van der Waals surface area contributed by atoms with Crippen LogP contribution in [0.15, 0.2) is 48.5 Å². The monoisotopic (exact) mass is 413 g/mol. The number of amides is 2. The van der Waals surface area contributed by atoms with E-state index in [0.717, 1.165) is 11.3 Å². The standard InChI is InChI=1S/C21H23N3O4S/c1-22-21(29)23(13-14-4-8-16(27-2)9-5-14)18-12-19(25)24(20(18)26)15-6-10-17(28-3)11-7-15/h4-11,18H,12-13H2,1-3H3,(H,22,29)/t18-/m1/s1. The highest BCUT2D eigenvalue weighted by atomic mass is 32.1. The molecular weight excluding hydrogens is 390 g/mol. The summed E-state index contributed by atoms with van der Waals surface area (Å²) in [5, 5.41) is 3.33. The number of hydrogen-bond acceptors (Lipinski definition) is 5. The van der Waals surface area contributed by atoms with Crippen LogP contribution in [0.3, 0.4) is 0 Å². The molecule has 1 atom stereocenters. The van der Waals surface area contributed by atoms with Crippen molar-refractivity contribution < 1.29 is 19.1 Å². The van der Waals surface area contributed by atoms with E-state index in [-0.39, 0.29) is 18.2 Å². The number of ether oxygens (including phenoxy) is 2. The molecule has 1 fully saturated rings. The predicted molar refractivity (Wildman–Crippen MR) is 114 cm³/mol. The van der Waals surface area contributed by atoms with E-state index in [1.54, 1.807) is 50.4 Å². The molecule has 0 spiro atoms. The number of benzene rings is 2. The molecule has 2 aromatic carbocycles. The second kappa shape index (κ2) is 8.91. The van der Waals surface area contributed by atoms with Gasteiger partial charge in [0.2, 0.25) is 5.91 Å². The molecule has 0 radical (unpaired) electrons. The predicted octanol–water partition coefficient (Wildman–Crippen LogP) is 2.34. The molecule has 29 heavy (non-hydrogen) atoms. The van der Waals surface area contributed by atoms with Gasteiger partial charge in [-0.3, -0.25) is 9.59 Å². The molecule has 1 N–H and O–H groups in total. The zero-order chi connectivity index (χ0) is 21.0. The highest BCUT2D eigenvalue weighted by Gasteiger charge is 2.43. The number of methoxy groups -OCH3 is 2. The third-order valence-corrected chi connectivity index (χ3v) is 5.25. The Hall–Kier alpha value is -3.13. The summed E-state index contributed by atoms with van der Waals surface area (Å²) in [6.07, 6.45) is 0.0584. The number of anilines is 1. The molecule has 2 aromatic rings. The van der Waals surface area contributed by atoms with Crippen LogP contribution in [0.4, 0.5) is 5.69 Å². The zero-order valence-corrected chi connectivity index (χ0v) is 17.4. The molecular formula is C21H23N3O4S. The minimum absolute atomic E-state index is 0.0584. The molecule has 152 valence electrons. The first-order valence-electron chi connectivity index (χ1n) is 9.10. The Morgan fingerprint density at radius 1 is 1.07 bits per heavy atom. The number of carbonyl (C=O) groups excluding carboxylic acids is 2. The van der Waals surface area contributed by atoms with Crippen molar-refractivity contribution in [1.29, 1.82) is 0 Å². The van der Waals surface area contributed by atoms with Crippen LogP contribution in [0.25, 0.3) is 0 Å². The van der Waals surface area contributed by atoms with Crippen molar-refractivity contribution in [3.8, 4) is 11.5 Å². The molecule has 0 saturated carbocycles. The Morgan fingerprint density at radius 2 is 1.62 bits per heavy atom. The van der Waals surface area contributed by atoms with Crippen molar-refractivity contribution in [1.82, 2.24) is 10.2 Å². The molecule has 8 heteroatoms. The molecule has 0 bridgehead atoms. The third-order valence-electron chi connectivity index (χ3n) is 4.82. The minimum Gasteiger partial charge on any atom is -0.497 e. The topological polar surface area (TPSA) is 71.1 Å². The summed E-state index contributed by atoms with van der Waals surface area (Å²) < 4.78 is 10.3.